The van der Waals surface area contributed by atoms with Crippen molar-refractivity contribution in [3.63, 3.8) is 0 Å². The maximum atomic E-state index is 4.55. The Morgan fingerprint density at radius 1 is 1.04 bits per heavy atom. The third-order valence-corrected chi connectivity index (χ3v) is 5.78. The van der Waals surface area contributed by atoms with E-state index in [1.807, 2.05) is 12.4 Å². The number of aromatic nitrogens is 2. The second kappa shape index (κ2) is 7.67. The van der Waals surface area contributed by atoms with Crippen LogP contribution in [0.15, 0.2) is 59.6 Å². The first kappa shape index (κ1) is 18.0. The van der Waals surface area contributed by atoms with E-state index < -0.39 is 0 Å². The van der Waals surface area contributed by atoms with Crippen molar-refractivity contribution in [1.82, 2.24) is 14.5 Å². The Bertz CT molecular complexity index is 1040. The zero-order chi connectivity index (χ0) is 18.8. The predicted molar refractivity (Wildman–Crippen MR) is 116 cm³/mol. The van der Waals surface area contributed by atoms with Crippen LogP contribution in [0, 0.1) is 6.92 Å². The Balaban J connectivity index is 1.80. The number of fused-ring (bicyclic) bond motifs is 1. The highest BCUT2D eigenvalue weighted by atomic mass is 32.1. The van der Waals surface area contributed by atoms with Crippen molar-refractivity contribution in [3.8, 4) is 22.3 Å². The molecule has 0 bridgehead atoms. The summed E-state index contributed by atoms with van der Waals surface area (Å²) in [5, 5.41) is 5.60. The highest BCUT2D eigenvalue weighted by Gasteiger charge is 2.16. The van der Waals surface area contributed by atoms with Crippen molar-refractivity contribution in [2.45, 2.75) is 19.9 Å². The molecule has 4 rings (SSSR count). The normalized spacial score (nSPS) is 11.6. The van der Waals surface area contributed by atoms with Gasteiger partial charge in [-0.15, -0.1) is 0 Å². The third-order valence-electron chi connectivity index (χ3n) is 5.10. The van der Waals surface area contributed by atoms with Crippen LogP contribution in [0.3, 0.4) is 0 Å². The molecule has 0 N–H and O–H groups in total. The molecule has 4 heteroatoms. The number of pyridine rings is 1. The Morgan fingerprint density at radius 2 is 1.85 bits per heavy atom. The lowest BCUT2D eigenvalue weighted by atomic mass is 10.0. The van der Waals surface area contributed by atoms with Gasteiger partial charge in [-0.3, -0.25) is 4.98 Å². The zero-order valence-electron chi connectivity index (χ0n) is 16.1. The van der Waals surface area contributed by atoms with Gasteiger partial charge in [-0.05, 0) is 68.5 Å². The Morgan fingerprint density at radius 3 is 2.63 bits per heavy atom. The molecular formula is C23H25N3S. The van der Waals surface area contributed by atoms with Gasteiger partial charge in [-0.1, -0.05) is 18.2 Å². The number of benzene rings is 1. The summed E-state index contributed by atoms with van der Waals surface area (Å²) in [4.78, 5) is 6.79. The fourth-order valence-corrected chi connectivity index (χ4v) is 4.46. The number of thiophene rings is 1. The van der Waals surface area contributed by atoms with Crippen molar-refractivity contribution < 1.29 is 0 Å². The van der Waals surface area contributed by atoms with Crippen LogP contribution in [0.1, 0.15) is 12.1 Å². The van der Waals surface area contributed by atoms with Crippen molar-refractivity contribution >= 4 is 22.2 Å². The molecule has 0 aliphatic heterocycles. The molecule has 0 fully saturated rings. The van der Waals surface area contributed by atoms with Gasteiger partial charge in [0.15, 0.2) is 0 Å². The summed E-state index contributed by atoms with van der Waals surface area (Å²) in [5.74, 6) is 0. The Kier molecular flexibility index (Phi) is 5.10. The van der Waals surface area contributed by atoms with Gasteiger partial charge in [0, 0.05) is 52.2 Å². The summed E-state index contributed by atoms with van der Waals surface area (Å²) < 4.78 is 2.46. The molecule has 0 aliphatic rings. The maximum absolute atomic E-state index is 4.55. The summed E-state index contributed by atoms with van der Waals surface area (Å²) >= 11 is 1.72. The summed E-state index contributed by atoms with van der Waals surface area (Å²) in [6.07, 6.45) is 5.09. The first-order chi connectivity index (χ1) is 13.1. The monoisotopic (exact) mass is 375 g/mol. The molecule has 0 radical (unpaired) electrons. The number of hydrogen-bond donors (Lipinski definition) is 0. The van der Waals surface area contributed by atoms with E-state index in [0.29, 0.717) is 0 Å². The van der Waals surface area contributed by atoms with Crippen LogP contribution in [0.25, 0.3) is 33.2 Å². The molecule has 3 aromatic heterocycles. The molecule has 0 spiro atoms. The number of hydrogen-bond acceptors (Lipinski definition) is 3. The fourth-order valence-electron chi connectivity index (χ4n) is 3.79. The van der Waals surface area contributed by atoms with Gasteiger partial charge in [0.05, 0.1) is 0 Å². The molecule has 1 aromatic carbocycles. The predicted octanol–water partition coefficient (Wildman–Crippen LogP) is 5.69. The minimum Gasteiger partial charge on any atom is -0.344 e. The zero-order valence-corrected chi connectivity index (χ0v) is 17.0. The number of rotatable bonds is 6. The van der Waals surface area contributed by atoms with E-state index in [4.69, 9.17) is 0 Å². The molecule has 0 saturated heterocycles. The van der Waals surface area contributed by atoms with Crippen molar-refractivity contribution in [1.29, 1.82) is 0 Å². The van der Waals surface area contributed by atoms with Crippen LogP contribution in [-0.2, 0) is 6.54 Å². The van der Waals surface area contributed by atoms with Gasteiger partial charge >= 0.3 is 0 Å². The molecule has 0 saturated carbocycles. The van der Waals surface area contributed by atoms with E-state index in [2.05, 4.69) is 82.6 Å². The first-order valence-electron chi connectivity index (χ1n) is 9.35. The molecule has 0 unspecified atom stereocenters. The first-order valence-corrected chi connectivity index (χ1v) is 10.3. The molecular weight excluding hydrogens is 350 g/mol. The average molecular weight is 376 g/mol. The van der Waals surface area contributed by atoms with E-state index in [1.165, 1.54) is 38.9 Å². The van der Waals surface area contributed by atoms with Crippen molar-refractivity contribution in [2.24, 2.45) is 0 Å². The summed E-state index contributed by atoms with van der Waals surface area (Å²) in [6.45, 7) is 4.36. The second-order valence-corrected chi connectivity index (χ2v) is 8.04. The molecule has 3 heterocycles. The van der Waals surface area contributed by atoms with Gasteiger partial charge in [-0.25, -0.2) is 0 Å². The summed E-state index contributed by atoms with van der Waals surface area (Å²) in [5.41, 5.74) is 7.54. The highest BCUT2D eigenvalue weighted by Crippen LogP contribution is 2.36. The van der Waals surface area contributed by atoms with E-state index >= 15 is 0 Å². The smallest absolute Gasteiger partial charge is 0.0488 e. The molecule has 4 aromatic rings. The number of nitrogens with zero attached hydrogens (tertiary/aromatic N) is 3. The standard InChI is InChI=1S/C23H25N3S/c1-17-23(20-13-19(14-24-15-20)18-9-12-27-16-18)21-7-4-5-8-22(21)26(17)11-6-10-25(2)3/h4-5,7-9,12-16H,6,10-11H2,1-3H3. The average Bonchev–Trinajstić information content (AvgIpc) is 3.29. The van der Waals surface area contributed by atoms with Crippen LogP contribution in [0.5, 0.6) is 0 Å². The third kappa shape index (κ3) is 3.55. The lowest BCUT2D eigenvalue weighted by molar-refractivity contribution is 0.387. The van der Waals surface area contributed by atoms with Crippen LogP contribution >= 0.6 is 11.3 Å². The van der Waals surface area contributed by atoms with Gasteiger partial charge in [0.1, 0.15) is 0 Å². The van der Waals surface area contributed by atoms with E-state index in [0.717, 1.165) is 19.5 Å². The fraction of sp³-hybridized carbons (Fsp3) is 0.261. The Labute approximate surface area is 164 Å². The molecule has 27 heavy (non-hydrogen) atoms. The molecule has 138 valence electrons. The van der Waals surface area contributed by atoms with Gasteiger partial charge in [-0.2, -0.15) is 11.3 Å². The molecule has 0 atom stereocenters. The van der Waals surface area contributed by atoms with Gasteiger partial charge < -0.3 is 9.47 Å². The van der Waals surface area contributed by atoms with E-state index in [1.54, 1.807) is 11.3 Å². The van der Waals surface area contributed by atoms with E-state index in [-0.39, 0.29) is 0 Å². The van der Waals surface area contributed by atoms with Crippen molar-refractivity contribution in [3.05, 3.63) is 65.2 Å². The van der Waals surface area contributed by atoms with Crippen LogP contribution in [0.2, 0.25) is 0 Å². The minimum atomic E-state index is 1.03. The van der Waals surface area contributed by atoms with E-state index in [9.17, 15) is 0 Å². The highest BCUT2D eigenvalue weighted by molar-refractivity contribution is 7.08. The maximum Gasteiger partial charge on any atom is 0.0488 e. The molecule has 3 nitrogen and oxygen atoms in total. The Hall–Kier alpha value is -2.43. The van der Waals surface area contributed by atoms with Crippen LogP contribution in [0.4, 0.5) is 0 Å². The quantitative estimate of drug-likeness (QED) is 0.431. The van der Waals surface area contributed by atoms with Crippen LogP contribution < -0.4 is 0 Å². The van der Waals surface area contributed by atoms with Crippen LogP contribution in [-0.4, -0.2) is 35.1 Å². The van der Waals surface area contributed by atoms with Gasteiger partial charge in [0.2, 0.25) is 0 Å². The minimum absolute atomic E-state index is 1.03. The molecule has 0 amide bonds. The second-order valence-electron chi connectivity index (χ2n) is 7.26. The summed E-state index contributed by atoms with van der Waals surface area (Å²) in [6, 6.07) is 13.2. The van der Waals surface area contributed by atoms with Gasteiger partial charge in [0.25, 0.3) is 0 Å². The largest absolute Gasteiger partial charge is 0.344 e. The van der Waals surface area contributed by atoms with Crippen molar-refractivity contribution in [2.75, 3.05) is 20.6 Å². The lowest BCUT2D eigenvalue weighted by Crippen LogP contribution is -2.15. The molecule has 0 aliphatic carbocycles. The SMILES string of the molecule is Cc1c(-c2cncc(-c3ccsc3)c2)c2ccccc2n1CCCN(C)C. The topological polar surface area (TPSA) is 21.1 Å². The number of para-hydroxylation sites is 1. The number of aryl methyl sites for hydroxylation is 1. The lowest BCUT2D eigenvalue weighted by Gasteiger charge is -2.12. The summed E-state index contributed by atoms with van der Waals surface area (Å²) in [7, 11) is 4.27.